The average molecular weight is 479 g/mol. The highest BCUT2D eigenvalue weighted by Crippen LogP contribution is 2.34. The number of hydrogen-bond donors (Lipinski definition) is 2. The molecule has 178 valence electrons. The first kappa shape index (κ1) is 22.8. The maximum Gasteiger partial charge on any atom is 0.321 e. The standard InChI is InChI=1S/C26H30N4O3S/c1-33-22-8-6-21(7-9-22)27-25(31)30-14-11-26(32,12-15-30)23-18-34-24(28-23)17-29-13-10-19-4-2-3-5-20(19)16-29/h2-9,18,32H,10-17H2,1H3,(H,27,31). The molecule has 3 heterocycles. The van der Waals surface area contributed by atoms with Crippen LogP contribution in [-0.2, 0) is 25.1 Å². The molecule has 3 aromatic rings. The van der Waals surface area contributed by atoms with Gasteiger partial charge in [0.25, 0.3) is 0 Å². The molecule has 7 nitrogen and oxygen atoms in total. The number of methoxy groups -OCH3 is 1. The van der Waals surface area contributed by atoms with Crippen molar-refractivity contribution in [2.45, 2.75) is 38.0 Å². The van der Waals surface area contributed by atoms with Gasteiger partial charge in [0.1, 0.15) is 16.4 Å². The Labute approximate surface area is 204 Å². The lowest BCUT2D eigenvalue weighted by Gasteiger charge is -2.37. The van der Waals surface area contributed by atoms with E-state index in [0.29, 0.717) is 25.9 Å². The molecule has 0 atom stereocenters. The lowest BCUT2D eigenvalue weighted by molar-refractivity contribution is -0.0189. The van der Waals surface area contributed by atoms with Gasteiger partial charge in [-0.3, -0.25) is 4.90 Å². The molecular weight excluding hydrogens is 448 g/mol. The molecule has 1 fully saturated rings. The number of benzene rings is 2. The fraction of sp³-hybridized carbons (Fsp3) is 0.385. The van der Waals surface area contributed by atoms with Gasteiger partial charge in [-0.2, -0.15) is 0 Å². The quantitative estimate of drug-likeness (QED) is 0.574. The summed E-state index contributed by atoms with van der Waals surface area (Å²) >= 11 is 1.61. The van der Waals surface area contributed by atoms with Crippen molar-refractivity contribution < 1.29 is 14.6 Å². The van der Waals surface area contributed by atoms with Crippen molar-refractivity contribution in [3.05, 3.63) is 75.7 Å². The molecule has 0 unspecified atom stereocenters. The van der Waals surface area contributed by atoms with Crippen molar-refractivity contribution in [2.75, 3.05) is 32.1 Å². The van der Waals surface area contributed by atoms with Crippen LogP contribution in [0.3, 0.4) is 0 Å². The molecule has 0 saturated carbocycles. The molecule has 0 spiro atoms. The van der Waals surface area contributed by atoms with Crippen LogP contribution in [0.4, 0.5) is 10.5 Å². The Hall–Kier alpha value is -2.94. The number of carbonyl (C=O) groups excluding carboxylic acids is 1. The number of nitrogens with zero attached hydrogens (tertiary/aromatic N) is 3. The number of aliphatic hydroxyl groups is 1. The first-order chi connectivity index (χ1) is 16.5. The van der Waals surface area contributed by atoms with Crippen LogP contribution in [0.15, 0.2) is 53.9 Å². The van der Waals surface area contributed by atoms with Gasteiger partial charge in [-0.15, -0.1) is 11.3 Å². The van der Waals surface area contributed by atoms with E-state index >= 15 is 0 Å². The Bertz CT molecular complexity index is 1140. The second-order valence-corrected chi connectivity index (χ2v) is 9.98. The van der Waals surface area contributed by atoms with Crippen LogP contribution >= 0.6 is 11.3 Å². The molecule has 2 amide bonds. The molecule has 2 aliphatic heterocycles. The molecule has 5 rings (SSSR count). The molecule has 2 N–H and O–H groups in total. The molecule has 1 saturated heterocycles. The Morgan fingerprint density at radius 1 is 1.12 bits per heavy atom. The van der Waals surface area contributed by atoms with Crippen LogP contribution in [0.25, 0.3) is 0 Å². The van der Waals surface area contributed by atoms with Gasteiger partial charge in [0, 0.05) is 37.2 Å². The Morgan fingerprint density at radius 2 is 1.85 bits per heavy atom. The number of hydrogen-bond acceptors (Lipinski definition) is 6. The summed E-state index contributed by atoms with van der Waals surface area (Å²) in [7, 11) is 1.61. The number of rotatable bonds is 5. The minimum atomic E-state index is -0.986. The smallest absolute Gasteiger partial charge is 0.321 e. The van der Waals surface area contributed by atoms with E-state index in [9.17, 15) is 9.90 Å². The molecule has 0 radical (unpaired) electrons. The maximum absolute atomic E-state index is 12.7. The first-order valence-electron chi connectivity index (χ1n) is 11.7. The number of likely N-dealkylation sites (tertiary alicyclic amines) is 1. The van der Waals surface area contributed by atoms with Crippen molar-refractivity contribution in [1.82, 2.24) is 14.8 Å². The number of ether oxygens (including phenoxy) is 1. The summed E-state index contributed by atoms with van der Waals surface area (Å²) in [5, 5.41) is 17.2. The van der Waals surface area contributed by atoms with Crippen molar-refractivity contribution in [2.24, 2.45) is 0 Å². The van der Waals surface area contributed by atoms with Crippen molar-refractivity contribution >= 4 is 23.1 Å². The third-order valence-electron chi connectivity index (χ3n) is 6.82. The van der Waals surface area contributed by atoms with Gasteiger partial charge >= 0.3 is 6.03 Å². The van der Waals surface area contributed by atoms with Gasteiger partial charge < -0.3 is 20.1 Å². The van der Waals surface area contributed by atoms with Crippen LogP contribution in [0.2, 0.25) is 0 Å². The summed E-state index contributed by atoms with van der Waals surface area (Å²) in [6, 6.07) is 15.7. The van der Waals surface area contributed by atoms with Crippen LogP contribution in [0, 0.1) is 0 Å². The van der Waals surface area contributed by atoms with Gasteiger partial charge in [0.15, 0.2) is 0 Å². The Balaban J connectivity index is 1.15. The zero-order valence-electron chi connectivity index (χ0n) is 19.4. The SMILES string of the molecule is COc1ccc(NC(=O)N2CCC(O)(c3csc(CN4CCc5ccccc5C4)n3)CC2)cc1. The van der Waals surface area contributed by atoms with Crippen LogP contribution in [0.5, 0.6) is 5.75 Å². The summed E-state index contributed by atoms with van der Waals surface area (Å²) < 4.78 is 5.16. The predicted molar refractivity (Wildman–Crippen MR) is 133 cm³/mol. The van der Waals surface area contributed by atoms with Crippen LogP contribution in [-0.4, -0.2) is 52.7 Å². The zero-order valence-corrected chi connectivity index (χ0v) is 20.2. The van der Waals surface area contributed by atoms with Crippen LogP contribution in [0.1, 0.15) is 34.7 Å². The minimum Gasteiger partial charge on any atom is -0.497 e. The summed E-state index contributed by atoms with van der Waals surface area (Å²) in [5.41, 5.74) is 3.30. The molecule has 2 aromatic carbocycles. The summed E-state index contributed by atoms with van der Waals surface area (Å²) in [4.78, 5) is 21.6. The summed E-state index contributed by atoms with van der Waals surface area (Å²) in [6.07, 6.45) is 2.01. The monoisotopic (exact) mass is 478 g/mol. The number of fused-ring (bicyclic) bond motifs is 1. The van der Waals surface area contributed by atoms with Crippen molar-refractivity contribution in [3.8, 4) is 5.75 Å². The first-order valence-corrected chi connectivity index (χ1v) is 12.6. The summed E-state index contributed by atoms with van der Waals surface area (Å²) in [5.74, 6) is 0.744. The van der Waals surface area contributed by atoms with E-state index in [4.69, 9.17) is 9.72 Å². The fourth-order valence-corrected chi connectivity index (χ4v) is 5.62. The van der Waals surface area contributed by atoms with Crippen molar-refractivity contribution in [3.63, 3.8) is 0 Å². The molecule has 0 aliphatic carbocycles. The second-order valence-electron chi connectivity index (χ2n) is 9.03. The highest BCUT2D eigenvalue weighted by Gasteiger charge is 2.37. The van der Waals surface area contributed by atoms with E-state index in [-0.39, 0.29) is 6.03 Å². The molecule has 34 heavy (non-hydrogen) atoms. The van der Waals surface area contributed by atoms with E-state index in [1.54, 1.807) is 23.3 Å². The number of carbonyl (C=O) groups is 1. The number of thiazole rings is 1. The highest BCUT2D eigenvalue weighted by atomic mass is 32.1. The van der Waals surface area contributed by atoms with E-state index in [0.717, 1.165) is 48.2 Å². The van der Waals surface area contributed by atoms with Crippen LogP contribution < -0.4 is 10.1 Å². The lowest BCUT2D eigenvalue weighted by atomic mass is 9.89. The third-order valence-corrected chi connectivity index (χ3v) is 7.65. The highest BCUT2D eigenvalue weighted by molar-refractivity contribution is 7.09. The number of anilines is 1. The number of aromatic nitrogens is 1. The largest absolute Gasteiger partial charge is 0.497 e. The van der Waals surface area contributed by atoms with Gasteiger partial charge in [0.2, 0.25) is 0 Å². The normalized spacial score (nSPS) is 17.8. The number of nitrogens with one attached hydrogen (secondary N) is 1. The van der Waals surface area contributed by atoms with Gasteiger partial charge in [-0.25, -0.2) is 9.78 Å². The van der Waals surface area contributed by atoms with E-state index in [1.165, 1.54) is 11.1 Å². The Kier molecular flexibility index (Phi) is 6.54. The third kappa shape index (κ3) is 4.94. The van der Waals surface area contributed by atoms with E-state index in [1.807, 2.05) is 29.6 Å². The molecular formula is C26H30N4O3S. The maximum atomic E-state index is 12.7. The topological polar surface area (TPSA) is 77.9 Å². The molecule has 8 heteroatoms. The molecule has 2 aliphatic rings. The van der Waals surface area contributed by atoms with E-state index < -0.39 is 5.60 Å². The number of amides is 2. The number of urea groups is 1. The second kappa shape index (κ2) is 9.74. The molecule has 1 aromatic heterocycles. The lowest BCUT2D eigenvalue weighted by Crippen LogP contribution is -2.46. The van der Waals surface area contributed by atoms with Gasteiger partial charge in [-0.1, -0.05) is 24.3 Å². The van der Waals surface area contributed by atoms with Crippen molar-refractivity contribution in [1.29, 1.82) is 0 Å². The van der Waals surface area contributed by atoms with E-state index in [2.05, 4.69) is 34.5 Å². The zero-order chi connectivity index (χ0) is 23.5. The predicted octanol–water partition coefficient (Wildman–Crippen LogP) is 4.23. The van der Waals surface area contributed by atoms with Gasteiger partial charge in [-0.05, 0) is 54.7 Å². The minimum absolute atomic E-state index is 0.156. The number of piperidine rings is 1. The fourth-order valence-electron chi connectivity index (χ4n) is 4.69. The summed E-state index contributed by atoms with van der Waals surface area (Å²) in [6.45, 7) is 3.72. The van der Waals surface area contributed by atoms with Gasteiger partial charge in [0.05, 0.1) is 19.3 Å². The Morgan fingerprint density at radius 3 is 2.59 bits per heavy atom. The molecule has 0 bridgehead atoms. The average Bonchev–Trinajstić information content (AvgIpc) is 3.34.